The van der Waals surface area contributed by atoms with E-state index in [2.05, 4.69) is 81.5 Å². The fourth-order valence-electron chi connectivity index (χ4n) is 5.65. The molecular formula is C54H82O6. The van der Waals surface area contributed by atoms with Crippen LogP contribution in [0.1, 0.15) is 168 Å². The lowest BCUT2D eigenvalue weighted by atomic mass is 10.1. The standard InChI is InChI=1S/C54H82O6/c1-4-7-10-13-16-19-22-25-26-27-30-32-35-38-41-44-47-53(56)59-50-51(60-54(57)48-45-42-39-36-33-29-24-21-18-15-12-9-6-3)49-58-52(55)46-43-40-37-34-31-28-23-20-17-14-11-8-5-2/h7-12,14-21,23-26,28-29,31,33,51H,4-6,13,22,27,30,32,34-50H2,1-3H3/b10-7+,11-8+,12-9+,17-14+,18-15+,19-16+,23-20+,24-21+,26-25+,31-28+,33-29+. The van der Waals surface area contributed by atoms with Gasteiger partial charge in [-0.25, -0.2) is 0 Å². The molecule has 0 aromatic heterocycles. The highest BCUT2D eigenvalue weighted by atomic mass is 16.6. The molecule has 0 saturated heterocycles. The van der Waals surface area contributed by atoms with Gasteiger partial charge in [0, 0.05) is 19.3 Å². The molecule has 0 N–H and O–H groups in total. The number of rotatable bonds is 39. The number of esters is 3. The Morgan fingerprint density at radius 2 is 0.683 bits per heavy atom. The van der Waals surface area contributed by atoms with Gasteiger partial charge in [0.1, 0.15) is 13.2 Å². The Balaban J connectivity index is 4.56. The summed E-state index contributed by atoms with van der Waals surface area (Å²) in [7, 11) is 0. The van der Waals surface area contributed by atoms with Crippen LogP contribution in [-0.2, 0) is 28.6 Å². The van der Waals surface area contributed by atoms with Crippen molar-refractivity contribution in [3.8, 4) is 0 Å². The number of carbonyl (C=O) groups excluding carboxylic acids is 3. The molecule has 0 bridgehead atoms. The van der Waals surface area contributed by atoms with Gasteiger partial charge in [-0.2, -0.15) is 0 Å². The van der Waals surface area contributed by atoms with Crippen LogP contribution in [0.3, 0.4) is 0 Å². The largest absolute Gasteiger partial charge is 0.462 e. The van der Waals surface area contributed by atoms with Crippen molar-refractivity contribution >= 4 is 17.9 Å². The molecule has 0 amide bonds. The van der Waals surface area contributed by atoms with Crippen molar-refractivity contribution in [2.75, 3.05) is 13.2 Å². The van der Waals surface area contributed by atoms with Crippen LogP contribution in [0.2, 0.25) is 0 Å². The quantitative estimate of drug-likeness (QED) is 0.0202. The van der Waals surface area contributed by atoms with Crippen LogP contribution < -0.4 is 0 Å². The molecule has 6 nitrogen and oxygen atoms in total. The summed E-state index contributed by atoms with van der Waals surface area (Å²) < 4.78 is 16.7. The van der Waals surface area contributed by atoms with Gasteiger partial charge in [-0.05, 0) is 89.9 Å². The van der Waals surface area contributed by atoms with E-state index in [4.69, 9.17) is 14.2 Å². The Kier molecular flexibility index (Phi) is 43.7. The predicted octanol–water partition coefficient (Wildman–Crippen LogP) is 15.1. The minimum absolute atomic E-state index is 0.120. The van der Waals surface area contributed by atoms with E-state index >= 15 is 0 Å². The average molecular weight is 827 g/mol. The van der Waals surface area contributed by atoms with E-state index < -0.39 is 6.10 Å². The molecule has 1 unspecified atom stereocenters. The molecule has 0 saturated carbocycles. The van der Waals surface area contributed by atoms with Crippen LogP contribution in [0.5, 0.6) is 0 Å². The van der Waals surface area contributed by atoms with Crippen molar-refractivity contribution in [2.45, 2.75) is 175 Å². The van der Waals surface area contributed by atoms with Crippen LogP contribution in [0.25, 0.3) is 0 Å². The van der Waals surface area contributed by atoms with Crippen LogP contribution in [-0.4, -0.2) is 37.2 Å². The van der Waals surface area contributed by atoms with E-state index in [1.165, 1.54) is 12.8 Å². The summed E-state index contributed by atoms with van der Waals surface area (Å²) in [5.41, 5.74) is 0. The molecule has 0 aromatic carbocycles. The molecule has 0 aliphatic heterocycles. The number of hydrogen-bond acceptors (Lipinski definition) is 6. The van der Waals surface area contributed by atoms with Gasteiger partial charge in [0.15, 0.2) is 6.10 Å². The second-order valence-electron chi connectivity index (χ2n) is 14.7. The zero-order chi connectivity index (χ0) is 43.7. The fraction of sp³-hybridized carbons (Fsp3) is 0.537. The number of ether oxygens (including phenoxy) is 3. The predicted molar refractivity (Wildman–Crippen MR) is 256 cm³/mol. The average Bonchev–Trinajstić information content (AvgIpc) is 3.24. The third-order valence-electron chi connectivity index (χ3n) is 9.07. The van der Waals surface area contributed by atoms with Crippen molar-refractivity contribution in [3.05, 3.63) is 134 Å². The molecule has 0 heterocycles. The maximum Gasteiger partial charge on any atom is 0.306 e. The van der Waals surface area contributed by atoms with Gasteiger partial charge in [-0.3, -0.25) is 14.4 Å². The van der Waals surface area contributed by atoms with E-state index in [9.17, 15) is 14.4 Å². The van der Waals surface area contributed by atoms with E-state index in [0.717, 1.165) is 109 Å². The summed E-state index contributed by atoms with van der Waals surface area (Å²) in [4.78, 5) is 37.8. The van der Waals surface area contributed by atoms with Crippen molar-refractivity contribution in [2.24, 2.45) is 0 Å². The van der Waals surface area contributed by atoms with Crippen molar-refractivity contribution < 1.29 is 28.6 Å². The lowest BCUT2D eigenvalue weighted by molar-refractivity contribution is -0.167. The maximum atomic E-state index is 12.7. The van der Waals surface area contributed by atoms with Gasteiger partial charge >= 0.3 is 17.9 Å². The lowest BCUT2D eigenvalue weighted by Gasteiger charge is -2.18. The first-order valence-corrected chi connectivity index (χ1v) is 23.3. The first kappa shape index (κ1) is 55.5. The zero-order valence-electron chi connectivity index (χ0n) is 37.9. The van der Waals surface area contributed by atoms with E-state index in [0.29, 0.717) is 19.3 Å². The number of unbranched alkanes of at least 4 members (excludes halogenated alkanes) is 12. The highest BCUT2D eigenvalue weighted by Gasteiger charge is 2.19. The van der Waals surface area contributed by atoms with Gasteiger partial charge in [0.25, 0.3) is 0 Å². The van der Waals surface area contributed by atoms with Gasteiger partial charge in [0.05, 0.1) is 0 Å². The SMILES string of the molecule is CC/C=C/C=C/C=C/C=C/CCCCCC(=O)OCC(COC(=O)CCCCCCCC/C=C/C/C=C/C/C=C/CC)OC(=O)CCCCC/C=C/C=C/C=C/C=C/CC. The number of carbonyl (C=O) groups is 3. The van der Waals surface area contributed by atoms with Crippen LogP contribution in [0, 0.1) is 0 Å². The van der Waals surface area contributed by atoms with Gasteiger partial charge < -0.3 is 14.2 Å². The van der Waals surface area contributed by atoms with Crippen LogP contribution >= 0.6 is 0 Å². The van der Waals surface area contributed by atoms with Crippen LogP contribution in [0.15, 0.2) is 134 Å². The molecule has 0 fully saturated rings. The first-order valence-electron chi connectivity index (χ1n) is 23.3. The third-order valence-corrected chi connectivity index (χ3v) is 9.07. The minimum Gasteiger partial charge on any atom is -0.462 e. The Bertz CT molecular complexity index is 1370. The summed E-state index contributed by atoms with van der Waals surface area (Å²) >= 11 is 0. The molecule has 1 atom stereocenters. The minimum atomic E-state index is -0.824. The Morgan fingerprint density at radius 1 is 0.350 bits per heavy atom. The van der Waals surface area contributed by atoms with Gasteiger partial charge in [-0.15, -0.1) is 0 Å². The lowest BCUT2D eigenvalue weighted by Crippen LogP contribution is -2.30. The maximum absolute atomic E-state index is 12.7. The van der Waals surface area contributed by atoms with Crippen molar-refractivity contribution in [1.29, 1.82) is 0 Å². The Morgan fingerprint density at radius 3 is 1.15 bits per heavy atom. The molecule has 0 spiro atoms. The molecule has 334 valence electrons. The van der Waals surface area contributed by atoms with Crippen molar-refractivity contribution in [3.63, 3.8) is 0 Å². The van der Waals surface area contributed by atoms with E-state index in [1.807, 2.05) is 72.9 Å². The molecule has 6 heteroatoms. The Labute approximate surface area is 366 Å². The zero-order valence-corrected chi connectivity index (χ0v) is 37.9. The number of hydrogen-bond donors (Lipinski definition) is 0. The van der Waals surface area contributed by atoms with E-state index in [-0.39, 0.29) is 37.5 Å². The van der Waals surface area contributed by atoms with Gasteiger partial charge in [-0.1, -0.05) is 193 Å². The topological polar surface area (TPSA) is 78.9 Å². The summed E-state index contributed by atoms with van der Waals surface area (Å²) in [6, 6.07) is 0. The summed E-state index contributed by atoms with van der Waals surface area (Å²) in [5.74, 6) is -1.03. The normalized spacial score (nSPS) is 13.3. The van der Waals surface area contributed by atoms with E-state index in [1.54, 1.807) is 0 Å². The van der Waals surface area contributed by atoms with Crippen LogP contribution in [0.4, 0.5) is 0 Å². The fourth-order valence-corrected chi connectivity index (χ4v) is 5.65. The molecule has 0 aliphatic rings. The highest BCUT2D eigenvalue weighted by Crippen LogP contribution is 2.12. The molecule has 60 heavy (non-hydrogen) atoms. The smallest absolute Gasteiger partial charge is 0.306 e. The monoisotopic (exact) mass is 827 g/mol. The molecular weight excluding hydrogens is 745 g/mol. The third kappa shape index (κ3) is 44.6. The number of allylic oxidation sites excluding steroid dienone is 22. The summed E-state index contributed by atoms with van der Waals surface area (Å²) in [6.07, 6.45) is 65.8. The summed E-state index contributed by atoms with van der Waals surface area (Å²) in [5, 5.41) is 0. The summed E-state index contributed by atoms with van der Waals surface area (Å²) in [6.45, 7) is 6.12. The second-order valence-corrected chi connectivity index (χ2v) is 14.7. The highest BCUT2D eigenvalue weighted by molar-refractivity contribution is 5.71. The van der Waals surface area contributed by atoms with Crippen molar-refractivity contribution in [1.82, 2.24) is 0 Å². The molecule has 0 aliphatic carbocycles. The van der Waals surface area contributed by atoms with Gasteiger partial charge in [0.2, 0.25) is 0 Å². The molecule has 0 rings (SSSR count). The molecule has 0 radical (unpaired) electrons. The Hall–Kier alpha value is -4.45. The second kappa shape index (κ2) is 47.2. The molecule has 0 aromatic rings. The first-order chi connectivity index (χ1) is 29.5.